The van der Waals surface area contributed by atoms with Crippen molar-refractivity contribution in [2.24, 2.45) is 0 Å². The van der Waals surface area contributed by atoms with E-state index in [-0.39, 0.29) is 0 Å². The van der Waals surface area contributed by atoms with E-state index in [4.69, 9.17) is 5.73 Å². The lowest BCUT2D eigenvalue weighted by Crippen LogP contribution is -2.16. The minimum atomic E-state index is 0.719. The van der Waals surface area contributed by atoms with Gasteiger partial charge < -0.3 is 11.1 Å². The summed E-state index contributed by atoms with van der Waals surface area (Å²) < 4.78 is 0. The smallest absolute Gasteiger partial charge is 0.0501 e. The summed E-state index contributed by atoms with van der Waals surface area (Å²) in [6.07, 6.45) is 2.64. The molecule has 96 valence electrons. The summed E-state index contributed by atoms with van der Waals surface area (Å²) in [5.74, 6) is 0. The van der Waals surface area contributed by atoms with Crippen molar-refractivity contribution in [3.63, 3.8) is 0 Å². The van der Waals surface area contributed by atoms with Gasteiger partial charge in [0.05, 0.1) is 11.9 Å². The Balaban J connectivity index is 1.74. The molecule has 0 saturated heterocycles. The van der Waals surface area contributed by atoms with Crippen LogP contribution in [0.4, 0.5) is 5.69 Å². The summed E-state index contributed by atoms with van der Waals surface area (Å²) in [7, 11) is 0. The van der Waals surface area contributed by atoms with Crippen molar-refractivity contribution in [2.75, 3.05) is 12.3 Å². The van der Waals surface area contributed by atoms with Crippen molar-refractivity contribution in [1.82, 2.24) is 10.3 Å². The Labute approximate surface area is 112 Å². The number of hydrogen-bond acceptors (Lipinski definition) is 4. The van der Waals surface area contributed by atoms with Crippen molar-refractivity contribution in [3.05, 3.63) is 45.4 Å². The van der Waals surface area contributed by atoms with Crippen LogP contribution in [-0.2, 0) is 13.0 Å². The number of aromatic nitrogens is 1. The van der Waals surface area contributed by atoms with E-state index >= 15 is 0 Å². The van der Waals surface area contributed by atoms with Crippen molar-refractivity contribution in [3.8, 4) is 0 Å². The van der Waals surface area contributed by atoms with Gasteiger partial charge >= 0.3 is 0 Å². The zero-order valence-electron chi connectivity index (χ0n) is 10.9. The number of nitrogens with one attached hydrogen (secondary N) is 1. The molecular weight excluding hydrogens is 242 g/mol. The first-order valence-electron chi connectivity index (χ1n) is 6.12. The summed E-state index contributed by atoms with van der Waals surface area (Å²) in [5.41, 5.74) is 8.78. The molecule has 0 saturated carbocycles. The van der Waals surface area contributed by atoms with E-state index in [2.05, 4.69) is 30.2 Å². The SMILES string of the molecule is Cc1cc(CNCCc2ccc(N)cn2)sc1C. The Kier molecular flexibility index (Phi) is 4.33. The van der Waals surface area contributed by atoms with Gasteiger partial charge in [0.2, 0.25) is 0 Å². The molecule has 2 heterocycles. The highest BCUT2D eigenvalue weighted by Crippen LogP contribution is 2.20. The normalized spacial score (nSPS) is 10.8. The fraction of sp³-hybridized carbons (Fsp3) is 0.357. The van der Waals surface area contributed by atoms with Crippen LogP contribution in [0.1, 0.15) is 21.0 Å². The first kappa shape index (κ1) is 13.1. The standard InChI is InChI=1S/C14H19N3S/c1-10-7-14(18-11(10)2)9-16-6-5-13-4-3-12(15)8-17-13/h3-4,7-8,16H,5-6,9,15H2,1-2H3. The molecule has 3 N–H and O–H groups in total. The summed E-state index contributed by atoms with van der Waals surface area (Å²) in [4.78, 5) is 7.09. The predicted octanol–water partition coefficient (Wildman–Crippen LogP) is 2.67. The van der Waals surface area contributed by atoms with Crippen LogP contribution in [0.25, 0.3) is 0 Å². The summed E-state index contributed by atoms with van der Waals surface area (Å²) in [5, 5.41) is 3.44. The summed E-state index contributed by atoms with van der Waals surface area (Å²) in [6.45, 7) is 6.21. The number of pyridine rings is 1. The molecule has 18 heavy (non-hydrogen) atoms. The van der Waals surface area contributed by atoms with Crippen molar-refractivity contribution >= 4 is 17.0 Å². The quantitative estimate of drug-likeness (QED) is 0.814. The van der Waals surface area contributed by atoms with Gasteiger partial charge in [-0.3, -0.25) is 4.98 Å². The third-order valence-electron chi connectivity index (χ3n) is 2.92. The number of nitrogen functional groups attached to an aromatic ring is 1. The minimum absolute atomic E-state index is 0.719. The van der Waals surface area contributed by atoms with Gasteiger partial charge in [-0.1, -0.05) is 0 Å². The van der Waals surface area contributed by atoms with Gasteiger partial charge in [0.25, 0.3) is 0 Å². The average molecular weight is 261 g/mol. The van der Waals surface area contributed by atoms with Crippen molar-refractivity contribution < 1.29 is 0 Å². The molecule has 2 aromatic heterocycles. The number of rotatable bonds is 5. The molecule has 0 atom stereocenters. The fourth-order valence-corrected chi connectivity index (χ4v) is 2.77. The van der Waals surface area contributed by atoms with E-state index in [1.807, 2.05) is 23.5 Å². The highest BCUT2D eigenvalue weighted by Gasteiger charge is 2.01. The first-order valence-corrected chi connectivity index (χ1v) is 6.94. The van der Waals surface area contributed by atoms with Crippen LogP contribution in [0.15, 0.2) is 24.4 Å². The topological polar surface area (TPSA) is 50.9 Å². The van der Waals surface area contributed by atoms with E-state index in [1.165, 1.54) is 15.3 Å². The molecule has 0 spiro atoms. The Hall–Kier alpha value is -1.39. The number of hydrogen-bond donors (Lipinski definition) is 2. The van der Waals surface area contributed by atoms with Crippen molar-refractivity contribution in [2.45, 2.75) is 26.8 Å². The second-order valence-corrected chi connectivity index (χ2v) is 5.80. The van der Waals surface area contributed by atoms with Crippen LogP contribution < -0.4 is 11.1 Å². The molecule has 0 aliphatic heterocycles. The number of aryl methyl sites for hydroxylation is 2. The van der Waals surface area contributed by atoms with Gasteiger partial charge in [0, 0.05) is 35.0 Å². The molecule has 0 aliphatic rings. The Bertz CT molecular complexity index is 483. The monoisotopic (exact) mass is 261 g/mol. The summed E-state index contributed by atoms with van der Waals surface area (Å²) >= 11 is 1.87. The van der Waals surface area contributed by atoms with Gasteiger partial charge in [-0.25, -0.2) is 0 Å². The van der Waals surface area contributed by atoms with E-state index in [9.17, 15) is 0 Å². The maximum absolute atomic E-state index is 5.60. The Morgan fingerprint density at radius 2 is 2.17 bits per heavy atom. The van der Waals surface area contributed by atoms with Crippen LogP contribution in [0, 0.1) is 13.8 Å². The molecule has 0 aliphatic carbocycles. The maximum Gasteiger partial charge on any atom is 0.0501 e. The summed E-state index contributed by atoms with van der Waals surface area (Å²) in [6, 6.07) is 6.14. The largest absolute Gasteiger partial charge is 0.397 e. The lowest BCUT2D eigenvalue weighted by atomic mass is 10.2. The van der Waals surface area contributed by atoms with Gasteiger partial charge in [-0.05, 0) is 37.6 Å². The fourth-order valence-electron chi connectivity index (χ4n) is 1.75. The maximum atomic E-state index is 5.60. The highest BCUT2D eigenvalue weighted by molar-refractivity contribution is 7.12. The lowest BCUT2D eigenvalue weighted by Gasteiger charge is -2.03. The second-order valence-electron chi connectivity index (χ2n) is 4.46. The third kappa shape index (κ3) is 3.55. The molecular formula is C14H19N3S. The zero-order valence-corrected chi connectivity index (χ0v) is 11.7. The molecule has 3 nitrogen and oxygen atoms in total. The van der Waals surface area contributed by atoms with Crippen LogP contribution in [0.2, 0.25) is 0 Å². The number of nitrogens with zero attached hydrogens (tertiary/aromatic N) is 1. The van der Waals surface area contributed by atoms with E-state index in [1.54, 1.807) is 6.20 Å². The molecule has 0 amide bonds. The lowest BCUT2D eigenvalue weighted by molar-refractivity contribution is 0.686. The van der Waals surface area contributed by atoms with Crippen LogP contribution >= 0.6 is 11.3 Å². The number of anilines is 1. The molecule has 2 rings (SSSR count). The third-order valence-corrected chi connectivity index (χ3v) is 4.07. The second kappa shape index (κ2) is 5.98. The Morgan fingerprint density at radius 3 is 2.78 bits per heavy atom. The molecule has 4 heteroatoms. The Morgan fingerprint density at radius 1 is 1.33 bits per heavy atom. The van der Waals surface area contributed by atoms with Gasteiger partial charge in [-0.15, -0.1) is 11.3 Å². The van der Waals surface area contributed by atoms with E-state index < -0.39 is 0 Å². The highest BCUT2D eigenvalue weighted by atomic mass is 32.1. The first-order chi connectivity index (χ1) is 8.65. The van der Waals surface area contributed by atoms with Gasteiger partial charge in [0.1, 0.15) is 0 Å². The minimum Gasteiger partial charge on any atom is -0.397 e. The number of nitrogens with two attached hydrogens (primary N) is 1. The van der Waals surface area contributed by atoms with Crippen LogP contribution in [0.5, 0.6) is 0 Å². The molecule has 2 aromatic rings. The average Bonchev–Trinajstić information content (AvgIpc) is 2.67. The van der Waals surface area contributed by atoms with E-state index in [0.29, 0.717) is 0 Å². The molecule has 0 radical (unpaired) electrons. The van der Waals surface area contributed by atoms with Gasteiger partial charge in [-0.2, -0.15) is 0 Å². The van der Waals surface area contributed by atoms with Crippen LogP contribution in [-0.4, -0.2) is 11.5 Å². The molecule has 0 aromatic carbocycles. The molecule has 0 bridgehead atoms. The van der Waals surface area contributed by atoms with Gasteiger partial charge in [0.15, 0.2) is 0 Å². The molecule has 0 fully saturated rings. The number of thiophene rings is 1. The van der Waals surface area contributed by atoms with Crippen molar-refractivity contribution in [1.29, 1.82) is 0 Å². The van der Waals surface area contributed by atoms with E-state index in [0.717, 1.165) is 30.9 Å². The predicted molar refractivity (Wildman–Crippen MR) is 77.9 cm³/mol. The molecule has 0 unspecified atom stereocenters. The van der Waals surface area contributed by atoms with Crippen LogP contribution in [0.3, 0.4) is 0 Å². The zero-order chi connectivity index (χ0) is 13.0.